The first kappa shape index (κ1) is 53.9. The number of unbranched alkanes of at least 4 members (excludes halogenated alkanes) is 14. The molecule has 5 N–H and O–H groups in total. The highest BCUT2D eigenvalue weighted by molar-refractivity contribution is 5.88. The summed E-state index contributed by atoms with van der Waals surface area (Å²) in [4.78, 5) is 69.5. The number of ether oxygens (including phenoxy) is 4. The minimum Gasteiger partial charge on any atom is -0.481 e. The maximum absolute atomic E-state index is 12.6. The summed E-state index contributed by atoms with van der Waals surface area (Å²) < 4.78 is 21.4. The Balaban J connectivity index is 3.59. The molecule has 0 bridgehead atoms. The maximum atomic E-state index is 12.6. The Bertz CT molecular complexity index is 1060. The van der Waals surface area contributed by atoms with Crippen LogP contribution in [0.15, 0.2) is 0 Å². The molecule has 0 aromatic rings. The SMILES string of the molecule is C[C@@H](CCCCNC(=O)[C@H](CCC(=O)O)NC(=O)CCCCCCCCCCCCCCCCC(=O)CCCOCCOCCOCCOCCC(=O)O)C(=O)O. The van der Waals surface area contributed by atoms with Crippen LogP contribution < -0.4 is 10.6 Å². The summed E-state index contributed by atoms with van der Waals surface area (Å²) >= 11 is 0. The third-order valence-corrected chi connectivity index (χ3v) is 9.51. The summed E-state index contributed by atoms with van der Waals surface area (Å²) in [7, 11) is 0. The Labute approximate surface area is 341 Å². The number of carbonyl (C=O) groups excluding carboxylic acids is 3. The molecule has 0 fully saturated rings. The molecule has 0 aromatic heterocycles. The van der Waals surface area contributed by atoms with Crippen LogP contribution in [0.5, 0.6) is 0 Å². The van der Waals surface area contributed by atoms with Gasteiger partial charge in [0, 0.05) is 38.8 Å². The summed E-state index contributed by atoms with van der Waals surface area (Å²) in [5.41, 5.74) is 0. The molecule has 57 heavy (non-hydrogen) atoms. The summed E-state index contributed by atoms with van der Waals surface area (Å²) in [5.74, 6) is -3.56. The topological polar surface area (TPSA) is 224 Å². The van der Waals surface area contributed by atoms with Crippen molar-refractivity contribution in [3.63, 3.8) is 0 Å². The molecule has 0 saturated carbocycles. The molecule has 0 radical (unpaired) electrons. The minimum absolute atomic E-state index is 0.0115. The molecule has 0 aliphatic rings. The van der Waals surface area contributed by atoms with Gasteiger partial charge in [0.15, 0.2) is 0 Å². The van der Waals surface area contributed by atoms with Crippen molar-refractivity contribution in [1.82, 2.24) is 10.6 Å². The van der Waals surface area contributed by atoms with Crippen LogP contribution in [-0.4, -0.2) is 116 Å². The summed E-state index contributed by atoms with van der Waals surface area (Å²) in [6.45, 7) is 5.30. The number of nitrogens with one attached hydrogen (secondary N) is 2. The number of carboxylic acids is 3. The summed E-state index contributed by atoms with van der Waals surface area (Å²) in [5, 5.41) is 32.0. The molecule has 0 aliphatic heterocycles. The van der Waals surface area contributed by atoms with Crippen molar-refractivity contribution in [2.75, 3.05) is 59.4 Å². The molecule has 15 nitrogen and oxygen atoms in total. The largest absolute Gasteiger partial charge is 0.481 e. The van der Waals surface area contributed by atoms with Gasteiger partial charge >= 0.3 is 17.9 Å². The standard InChI is InChI=1S/C42H76N2O13/c1-35(42(52)53)19-16-17-26-43-41(51)37(23-24-39(47)48)44-38(46)22-15-13-11-9-7-5-3-2-4-6-8-10-12-14-20-36(45)21-18-27-54-29-31-56-33-34-57-32-30-55-28-25-40(49)50/h35,37H,2-34H2,1H3,(H,43,51)(H,44,46)(H,47,48)(H,49,50)(H,52,53)/t35-,37-/m0/s1. The number of carbonyl (C=O) groups is 6. The van der Waals surface area contributed by atoms with E-state index in [9.17, 15) is 28.8 Å². The highest BCUT2D eigenvalue weighted by atomic mass is 16.6. The van der Waals surface area contributed by atoms with Crippen molar-refractivity contribution >= 4 is 35.5 Å². The van der Waals surface area contributed by atoms with E-state index in [0.29, 0.717) is 97.1 Å². The molecule has 0 heterocycles. The van der Waals surface area contributed by atoms with Crippen molar-refractivity contribution < 1.29 is 63.0 Å². The van der Waals surface area contributed by atoms with E-state index in [1.165, 1.54) is 51.4 Å². The van der Waals surface area contributed by atoms with Gasteiger partial charge in [-0.05, 0) is 38.5 Å². The lowest BCUT2D eigenvalue weighted by atomic mass is 10.0. The number of aliphatic carboxylic acids is 3. The number of ketones is 1. The maximum Gasteiger partial charge on any atom is 0.306 e. The smallest absolute Gasteiger partial charge is 0.306 e. The third-order valence-electron chi connectivity index (χ3n) is 9.51. The molecule has 0 unspecified atom stereocenters. The van der Waals surface area contributed by atoms with Crippen molar-refractivity contribution in [1.29, 1.82) is 0 Å². The second kappa shape index (κ2) is 39.7. The van der Waals surface area contributed by atoms with Crippen molar-refractivity contribution in [3.05, 3.63) is 0 Å². The lowest BCUT2D eigenvalue weighted by molar-refractivity contribution is -0.141. The molecule has 0 saturated heterocycles. The molecule has 15 heteroatoms. The van der Waals surface area contributed by atoms with Gasteiger partial charge in [-0.1, -0.05) is 90.4 Å². The molecule has 0 aromatic carbocycles. The van der Waals surface area contributed by atoms with Gasteiger partial charge in [0.1, 0.15) is 11.8 Å². The van der Waals surface area contributed by atoms with E-state index in [4.69, 9.17) is 34.3 Å². The predicted octanol–water partition coefficient (Wildman–Crippen LogP) is 6.48. The normalized spacial score (nSPS) is 12.2. The van der Waals surface area contributed by atoms with E-state index in [0.717, 1.165) is 44.9 Å². The highest BCUT2D eigenvalue weighted by Gasteiger charge is 2.21. The van der Waals surface area contributed by atoms with E-state index in [1.807, 2.05) is 0 Å². The van der Waals surface area contributed by atoms with Gasteiger partial charge < -0.3 is 44.9 Å². The monoisotopic (exact) mass is 817 g/mol. The fraction of sp³-hybridized carbons (Fsp3) is 0.857. The first-order valence-corrected chi connectivity index (χ1v) is 21.6. The quantitative estimate of drug-likeness (QED) is 0.0416. The lowest BCUT2D eigenvalue weighted by Crippen LogP contribution is -2.47. The molecule has 2 atom stereocenters. The zero-order valence-corrected chi connectivity index (χ0v) is 34.9. The van der Waals surface area contributed by atoms with Crippen LogP contribution in [0.4, 0.5) is 0 Å². The molecule has 332 valence electrons. The third kappa shape index (κ3) is 39.5. The second-order valence-electron chi connectivity index (χ2n) is 14.8. The van der Waals surface area contributed by atoms with E-state index in [2.05, 4.69) is 10.6 Å². The Morgan fingerprint density at radius 2 is 0.895 bits per heavy atom. The van der Waals surface area contributed by atoms with Gasteiger partial charge in [0.25, 0.3) is 0 Å². The lowest BCUT2D eigenvalue weighted by Gasteiger charge is -2.18. The molecule has 2 amide bonds. The van der Waals surface area contributed by atoms with Crippen molar-refractivity contribution in [2.45, 2.75) is 167 Å². The van der Waals surface area contributed by atoms with Gasteiger partial charge in [0.2, 0.25) is 11.8 Å². The zero-order valence-electron chi connectivity index (χ0n) is 34.9. The number of hydrogen-bond acceptors (Lipinski definition) is 10. The number of hydrogen-bond donors (Lipinski definition) is 5. The van der Waals surface area contributed by atoms with Crippen LogP contribution in [0, 0.1) is 5.92 Å². The van der Waals surface area contributed by atoms with Crippen molar-refractivity contribution in [3.8, 4) is 0 Å². The summed E-state index contributed by atoms with van der Waals surface area (Å²) in [6.07, 6.45) is 19.4. The molecule has 0 aliphatic carbocycles. The number of rotatable bonds is 44. The van der Waals surface area contributed by atoms with E-state index in [-0.39, 0.29) is 31.8 Å². The fourth-order valence-corrected chi connectivity index (χ4v) is 5.98. The molecular weight excluding hydrogens is 740 g/mol. The molecular formula is C42H76N2O13. The van der Waals surface area contributed by atoms with Gasteiger partial charge in [-0.25, -0.2) is 0 Å². The first-order chi connectivity index (χ1) is 27.5. The fourth-order valence-electron chi connectivity index (χ4n) is 5.98. The Hall–Kier alpha value is -3.14. The van der Waals surface area contributed by atoms with Crippen LogP contribution in [0.1, 0.15) is 161 Å². The van der Waals surface area contributed by atoms with Crippen LogP contribution in [-0.2, 0) is 47.7 Å². The number of amides is 2. The Morgan fingerprint density at radius 1 is 0.456 bits per heavy atom. The molecule has 0 rings (SSSR count). The van der Waals surface area contributed by atoms with E-state index >= 15 is 0 Å². The molecule has 0 spiro atoms. The van der Waals surface area contributed by atoms with Crippen LogP contribution >= 0.6 is 0 Å². The zero-order chi connectivity index (χ0) is 42.2. The van der Waals surface area contributed by atoms with Crippen LogP contribution in [0.3, 0.4) is 0 Å². The van der Waals surface area contributed by atoms with E-state index < -0.39 is 35.8 Å². The van der Waals surface area contributed by atoms with Gasteiger partial charge in [-0.2, -0.15) is 0 Å². The second-order valence-corrected chi connectivity index (χ2v) is 14.8. The number of Topliss-reactive ketones (excluding diaryl/α,β-unsaturated/α-hetero) is 1. The first-order valence-electron chi connectivity index (χ1n) is 21.6. The Morgan fingerprint density at radius 3 is 1.39 bits per heavy atom. The van der Waals surface area contributed by atoms with Gasteiger partial charge in [0.05, 0.1) is 58.6 Å². The Kier molecular flexibility index (Phi) is 37.5. The van der Waals surface area contributed by atoms with Crippen LogP contribution in [0.25, 0.3) is 0 Å². The van der Waals surface area contributed by atoms with E-state index in [1.54, 1.807) is 6.92 Å². The average molecular weight is 817 g/mol. The highest BCUT2D eigenvalue weighted by Crippen LogP contribution is 2.14. The van der Waals surface area contributed by atoms with Crippen molar-refractivity contribution in [2.24, 2.45) is 5.92 Å². The van der Waals surface area contributed by atoms with Gasteiger partial charge in [-0.3, -0.25) is 28.8 Å². The predicted molar refractivity (Wildman–Crippen MR) is 216 cm³/mol. The summed E-state index contributed by atoms with van der Waals surface area (Å²) in [6, 6.07) is -0.901. The average Bonchev–Trinajstić information content (AvgIpc) is 3.17. The number of carboxylic acid groups (broad SMARTS) is 3. The minimum atomic E-state index is -1.03. The van der Waals surface area contributed by atoms with Crippen LogP contribution in [0.2, 0.25) is 0 Å². The van der Waals surface area contributed by atoms with Gasteiger partial charge in [-0.15, -0.1) is 0 Å².